The zero-order valence-corrected chi connectivity index (χ0v) is 9.08. The molecule has 0 N–H and O–H groups in total. The molecule has 0 bridgehead atoms. The van der Waals surface area contributed by atoms with Gasteiger partial charge in [-0.2, -0.15) is 0 Å². The van der Waals surface area contributed by atoms with Gasteiger partial charge in [0.1, 0.15) is 0 Å². The van der Waals surface area contributed by atoms with E-state index in [1.807, 2.05) is 0 Å². The molecule has 0 spiro atoms. The molecule has 4 radical (unpaired) electrons. The van der Waals surface area contributed by atoms with Crippen molar-refractivity contribution >= 4 is 9.90 Å². The van der Waals surface area contributed by atoms with E-state index in [9.17, 15) is 0 Å². The van der Waals surface area contributed by atoms with Gasteiger partial charge in [-0.25, -0.2) is 0 Å². The van der Waals surface area contributed by atoms with Crippen molar-refractivity contribution in [1.82, 2.24) is 0 Å². The van der Waals surface area contributed by atoms with Gasteiger partial charge in [-0.05, 0) is 0 Å². The smallest absolute Gasteiger partial charge is 0 e. The molecule has 0 aromatic rings. The number of rotatable bonds is 0. The first-order chi connectivity index (χ1) is 0. The van der Waals surface area contributed by atoms with Crippen molar-refractivity contribution in [1.29, 1.82) is 0 Å². The molecule has 0 nitrogen and oxygen atoms in total. The van der Waals surface area contributed by atoms with E-state index in [2.05, 4.69) is 0 Å². The summed E-state index contributed by atoms with van der Waals surface area (Å²) in [6.07, 6.45) is 0. The van der Waals surface area contributed by atoms with E-state index in [1.54, 1.807) is 0 Å². The fraction of sp³-hybridized carbons (Fsp3) is 0. The Balaban J connectivity index is 0. The van der Waals surface area contributed by atoms with Crippen LogP contribution in [0.5, 0.6) is 0 Å². The average Bonchev–Trinajstić information content (AvgIpc) is 0. The van der Waals surface area contributed by atoms with Crippen molar-refractivity contribution in [3.8, 4) is 0 Å². The zero-order valence-electron chi connectivity index (χ0n) is 1.55. The summed E-state index contributed by atoms with van der Waals surface area (Å²) in [4.78, 5) is 0. The van der Waals surface area contributed by atoms with Gasteiger partial charge in [0.05, 0.1) is 0 Å². The van der Waals surface area contributed by atoms with Crippen LogP contribution in [-0.2, 0) is 58.0 Å². The molecule has 0 aromatic carbocycles. The second-order valence-corrected chi connectivity index (χ2v) is 0. The van der Waals surface area contributed by atoms with E-state index in [4.69, 9.17) is 0 Å². The van der Waals surface area contributed by atoms with Crippen LogP contribution >= 0.6 is 9.90 Å². The predicted octanol–water partition coefficient (Wildman–Crippen LogP) is 0.854. The molecule has 0 saturated heterocycles. The molecule has 0 unspecified atom stereocenters. The molecule has 0 aliphatic heterocycles. The first kappa shape index (κ1) is 33.7. The minimum Gasteiger partial charge on any atom is 0 e. The van der Waals surface area contributed by atoms with Crippen LogP contribution in [0.2, 0.25) is 0 Å². The van der Waals surface area contributed by atoms with Gasteiger partial charge in [-0.15, -0.1) is 0 Å². The van der Waals surface area contributed by atoms with Gasteiger partial charge >= 0.3 is 0 Å². The van der Waals surface area contributed by atoms with E-state index < -0.39 is 0 Å². The van der Waals surface area contributed by atoms with Crippen LogP contribution in [0.15, 0.2) is 0 Å². The fourth-order valence-electron chi connectivity index (χ4n) is 0. The Morgan fingerprint density at radius 3 is 1.00 bits per heavy atom. The Hall–Kier alpha value is 2.27. The summed E-state index contributed by atoms with van der Waals surface area (Å²) in [5.74, 6) is 0. The molecule has 0 atom stereocenters. The van der Waals surface area contributed by atoms with Crippen molar-refractivity contribution in [2.24, 2.45) is 0 Å². The summed E-state index contributed by atoms with van der Waals surface area (Å²) in [6.45, 7) is 0. The normalized spacial score (nSPS) is 0. The summed E-state index contributed by atoms with van der Waals surface area (Å²) >= 11 is 0. The van der Waals surface area contributed by atoms with Crippen molar-refractivity contribution in [2.75, 3.05) is 0 Å². The van der Waals surface area contributed by atoms with Crippen LogP contribution in [-0.4, -0.2) is 0 Å². The summed E-state index contributed by atoms with van der Waals surface area (Å²) in [5, 5.41) is 0. The Morgan fingerprint density at radius 2 is 1.00 bits per heavy atom. The fourth-order valence-corrected chi connectivity index (χ4v) is 0. The molecule has 0 fully saturated rings. The maximum atomic E-state index is 0. The standard InChI is InChI=1S/Ni.P.Re.W. The van der Waals surface area contributed by atoms with Gasteiger partial charge in [-0.1, -0.05) is 0 Å². The Morgan fingerprint density at radius 1 is 1.00 bits per heavy atom. The van der Waals surface area contributed by atoms with Gasteiger partial charge in [0, 0.05) is 67.9 Å². The zero-order chi connectivity index (χ0) is 0. The molecule has 0 aliphatic carbocycles. The molecular weight excluding hydrogens is 460 g/mol. The summed E-state index contributed by atoms with van der Waals surface area (Å²) in [7, 11) is 0. The van der Waals surface area contributed by atoms with Crippen LogP contribution in [0.4, 0.5) is 0 Å². The van der Waals surface area contributed by atoms with Crippen molar-refractivity contribution < 1.29 is 58.0 Å². The third-order valence-corrected chi connectivity index (χ3v) is 0. The molecule has 0 heterocycles. The second-order valence-electron chi connectivity index (χ2n) is 0. The number of hydrogen-bond donors (Lipinski definition) is 0. The molecule has 0 aliphatic rings. The topological polar surface area (TPSA) is 0 Å². The van der Waals surface area contributed by atoms with Crippen LogP contribution in [0, 0.1) is 0 Å². The van der Waals surface area contributed by atoms with Crippen LogP contribution in [0.1, 0.15) is 0 Å². The first-order valence-electron chi connectivity index (χ1n) is 0. The van der Waals surface area contributed by atoms with E-state index >= 15 is 0 Å². The Bertz CT molecular complexity index is 8.00. The average molecular weight is 460 g/mol. The molecule has 0 saturated carbocycles. The van der Waals surface area contributed by atoms with Crippen LogP contribution < -0.4 is 0 Å². The van der Waals surface area contributed by atoms with E-state index in [0.29, 0.717) is 0 Å². The Labute approximate surface area is 67.3 Å². The molecule has 4 heavy (non-hydrogen) atoms. The first-order valence-corrected chi connectivity index (χ1v) is 0. The minimum atomic E-state index is 0. The molecule has 4 heteroatoms. The molecule has 0 amide bonds. The number of hydrogen-bond acceptors (Lipinski definition) is 0. The van der Waals surface area contributed by atoms with E-state index in [-0.39, 0.29) is 67.9 Å². The van der Waals surface area contributed by atoms with Crippen molar-refractivity contribution in [3.63, 3.8) is 0 Å². The van der Waals surface area contributed by atoms with Crippen LogP contribution in [0.25, 0.3) is 0 Å². The van der Waals surface area contributed by atoms with Gasteiger partial charge in [-0.3, -0.25) is 0 Å². The van der Waals surface area contributed by atoms with E-state index in [1.165, 1.54) is 0 Å². The third kappa shape index (κ3) is 8.86. The third-order valence-electron chi connectivity index (χ3n) is 0. The summed E-state index contributed by atoms with van der Waals surface area (Å²) in [6, 6.07) is 0. The van der Waals surface area contributed by atoms with Gasteiger partial charge in [0.2, 0.25) is 0 Å². The summed E-state index contributed by atoms with van der Waals surface area (Å²) in [5.41, 5.74) is 0. The maximum Gasteiger partial charge on any atom is 0 e. The molecular formula is NiPReW. The maximum absolute atomic E-state index is 0. The largest absolute Gasteiger partial charge is 0 e. The Kier molecular flexibility index (Phi) is 157. The molecule has 0 rings (SSSR count). The predicted molar refractivity (Wildman–Crippen MR) is 6.92 cm³/mol. The summed E-state index contributed by atoms with van der Waals surface area (Å²) < 4.78 is 0. The van der Waals surface area contributed by atoms with Gasteiger partial charge in [0.25, 0.3) is 0 Å². The van der Waals surface area contributed by atoms with Gasteiger partial charge < -0.3 is 0 Å². The van der Waals surface area contributed by atoms with Crippen molar-refractivity contribution in [2.45, 2.75) is 0 Å². The van der Waals surface area contributed by atoms with E-state index in [0.717, 1.165) is 0 Å². The molecule has 28 valence electrons. The van der Waals surface area contributed by atoms with Gasteiger partial charge in [0.15, 0.2) is 0 Å². The monoisotopic (exact) mass is 460 g/mol. The van der Waals surface area contributed by atoms with Crippen molar-refractivity contribution in [3.05, 3.63) is 0 Å². The second kappa shape index (κ2) is 18.6. The SMILES string of the molecule is [Ni].[P].[Re].[W]. The minimum absolute atomic E-state index is 0. The quantitative estimate of drug-likeness (QED) is 0.372. The van der Waals surface area contributed by atoms with Crippen LogP contribution in [0.3, 0.4) is 0 Å². The molecule has 0 aromatic heterocycles.